The molecule has 0 fully saturated rings. The zero-order valence-electron chi connectivity index (χ0n) is 8.42. The average molecular weight is 321 g/mol. The minimum atomic E-state index is -4.22. The molecule has 0 atom stereocenters. The molecular weight excluding hydrogens is 312 g/mol. The number of benzene rings is 1. The van der Waals surface area contributed by atoms with Gasteiger partial charge in [-0.2, -0.15) is 8.42 Å². The summed E-state index contributed by atoms with van der Waals surface area (Å²) in [6, 6.07) is 5.03. The summed E-state index contributed by atoms with van der Waals surface area (Å²) in [5.74, 6) is -0.466. The Bertz CT molecular complexity index is 551. The second kappa shape index (κ2) is 5.30. The third-order valence-corrected chi connectivity index (χ3v) is 3.27. The van der Waals surface area contributed by atoms with Crippen molar-refractivity contribution in [3.8, 4) is 0 Å². The van der Waals surface area contributed by atoms with Crippen LogP contribution < -0.4 is 11.1 Å². The topological polar surface area (TPSA) is 109 Å². The van der Waals surface area contributed by atoms with E-state index >= 15 is 0 Å². The van der Waals surface area contributed by atoms with Crippen LogP contribution in [0.3, 0.4) is 0 Å². The van der Waals surface area contributed by atoms with E-state index in [1.54, 1.807) is 0 Å². The Morgan fingerprint density at radius 1 is 1.35 bits per heavy atom. The number of nitrogens with one attached hydrogen (secondary N) is 1. The van der Waals surface area contributed by atoms with Crippen molar-refractivity contribution in [1.29, 1.82) is 0 Å². The first kappa shape index (κ1) is 13.7. The minimum Gasteiger partial charge on any atom is -0.404 e. The van der Waals surface area contributed by atoms with E-state index in [0.29, 0.717) is 5.69 Å². The molecule has 0 aliphatic carbocycles. The van der Waals surface area contributed by atoms with E-state index in [2.05, 4.69) is 21.2 Å². The van der Waals surface area contributed by atoms with E-state index in [1.807, 2.05) is 0 Å². The lowest BCUT2D eigenvalue weighted by Crippen LogP contribution is -2.12. The maximum atomic E-state index is 11.4. The number of hydrogen-bond donors (Lipinski definition) is 3. The van der Waals surface area contributed by atoms with Gasteiger partial charge in [0.2, 0.25) is 0 Å². The molecule has 92 valence electrons. The number of carbonyl (C=O) groups excluding carboxylic acids is 1. The molecule has 0 aliphatic heterocycles. The second-order valence-corrected chi connectivity index (χ2v) is 5.24. The van der Waals surface area contributed by atoms with Gasteiger partial charge < -0.3 is 11.1 Å². The van der Waals surface area contributed by atoms with Crippen molar-refractivity contribution in [1.82, 2.24) is 0 Å². The largest absolute Gasteiger partial charge is 0.404 e. The van der Waals surface area contributed by atoms with Crippen molar-refractivity contribution in [2.75, 3.05) is 5.32 Å². The molecule has 1 rings (SSSR count). The quantitative estimate of drug-likeness (QED) is 0.570. The fraction of sp³-hybridized carbons (Fsp3) is 0. The Morgan fingerprint density at radius 2 is 1.88 bits per heavy atom. The number of carbonyl (C=O) groups is 1. The number of amides is 1. The lowest BCUT2D eigenvalue weighted by Gasteiger charge is -2.04. The zero-order valence-corrected chi connectivity index (χ0v) is 10.8. The van der Waals surface area contributed by atoms with E-state index in [4.69, 9.17) is 10.3 Å². The highest BCUT2D eigenvalue weighted by atomic mass is 79.9. The van der Waals surface area contributed by atoms with Gasteiger partial charge in [-0.1, -0.05) is 0 Å². The van der Waals surface area contributed by atoms with Crippen molar-refractivity contribution < 1.29 is 17.8 Å². The highest BCUT2D eigenvalue weighted by Crippen LogP contribution is 2.15. The average Bonchev–Trinajstić information content (AvgIpc) is 2.27. The SMILES string of the molecule is NC=C(Br)C(=O)Nc1ccc(S(=O)(=O)O)cc1. The summed E-state index contributed by atoms with van der Waals surface area (Å²) < 4.78 is 30.4. The maximum absolute atomic E-state index is 11.4. The molecule has 1 amide bonds. The van der Waals surface area contributed by atoms with Crippen LogP contribution in [0.2, 0.25) is 0 Å². The van der Waals surface area contributed by atoms with Gasteiger partial charge in [0.25, 0.3) is 16.0 Å². The molecule has 0 bridgehead atoms. The maximum Gasteiger partial charge on any atom is 0.294 e. The van der Waals surface area contributed by atoms with E-state index in [9.17, 15) is 13.2 Å². The molecule has 0 saturated heterocycles. The molecule has 0 aromatic heterocycles. The van der Waals surface area contributed by atoms with Crippen molar-refractivity contribution in [3.63, 3.8) is 0 Å². The number of halogens is 1. The summed E-state index contributed by atoms with van der Waals surface area (Å²) in [5.41, 5.74) is 5.50. The normalized spacial score (nSPS) is 12.2. The first-order valence-electron chi connectivity index (χ1n) is 4.31. The van der Waals surface area contributed by atoms with E-state index < -0.39 is 16.0 Å². The lowest BCUT2D eigenvalue weighted by molar-refractivity contribution is -0.112. The van der Waals surface area contributed by atoms with Gasteiger partial charge in [-0.05, 0) is 40.2 Å². The fourth-order valence-electron chi connectivity index (χ4n) is 0.977. The van der Waals surface area contributed by atoms with Gasteiger partial charge in [-0.25, -0.2) is 0 Å². The number of nitrogens with two attached hydrogens (primary N) is 1. The van der Waals surface area contributed by atoms with Gasteiger partial charge in [0.15, 0.2) is 0 Å². The molecular formula is C9H9BrN2O4S. The van der Waals surface area contributed by atoms with Gasteiger partial charge in [0.1, 0.15) is 0 Å². The van der Waals surface area contributed by atoms with E-state index in [0.717, 1.165) is 6.20 Å². The summed E-state index contributed by atoms with van der Waals surface area (Å²) in [6.07, 6.45) is 1.09. The molecule has 8 heteroatoms. The summed E-state index contributed by atoms with van der Waals surface area (Å²) in [4.78, 5) is 11.1. The number of hydrogen-bond acceptors (Lipinski definition) is 4. The summed E-state index contributed by atoms with van der Waals surface area (Å²) >= 11 is 2.93. The van der Waals surface area contributed by atoms with Crippen LogP contribution in [0.25, 0.3) is 0 Å². The van der Waals surface area contributed by atoms with Crippen LogP contribution >= 0.6 is 15.9 Å². The van der Waals surface area contributed by atoms with Crippen LogP contribution in [-0.4, -0.2) is 18.9 Å². The number of anilines is 1. The van der Waals surface area contributed by atoms with E-state index in [-0.39, 0.29) is 9.38 Å². The Hall–Kier alpha value is -1.38. The highest BCUT2D eigenvalue weighted by molar-refractivity contribution is 9.12. The van der Waals surface area contributed by atoms with Gasteiger partial charge in [-0.15, -0.1) is 0 Å². The lowest BCUT2D eigenvalue weighted by atomic mass is 10.3. The Balaban J connectivity index is 2.87. The summed E-state index contributed by atoms with van der Waals surface area (Å²) in [5, 5.41) is 2.46. The first-order chi connectivity index (χ1) is 7.84. The summed E-state index contributed by atoms with van der Waals surface area (Å²) in [6.45, 7) is 0. The molecule has 0 aliphatic rings. The van der Waals surface area contributed by atoms with Gasteiger partial charge in [0, 0.05) is 11.9 Å². The van der Waals surface area contributed by atoms with Crippen LogP contribution in [0, 0.1) is 0 Å². The predicted molar refractivity (Wildman–Crippen MR) is 66.1 cm³/mol. The molecule has 4 N–H and O–H groups in total. The van der Waals surface area contributed by atoms with Crippen LogP contribution in [0.5, 0.6) is 0 Å². The molecule has 0 saturated carbocycles. The van der Waals surface area contributed by atoms with Crippen LogP contribution in [0.4, 0.5) is 5.69 Å². The van der Waals surface area contributed by atoms with Crippen LogP contribution in [-0.2, 0) is 14.9 Å². The molecule has 6 nitrogen and oxygen atoms in total. The first-order valence-corrected chi connectivity index (χ1v) is 6.54. The van der Waals surface area contributed by atoms with Crippen LogP contribution in [0.15, 0.2) is 39.8 Å². The standard InChI is InChI=1S/C9H9BrN2O4S/c10-8(5-11)9(13)12-6-1-3-7(4-2-6)17(14,15)16/h1-5H,11H2,(H,12,13)(H,14,15,16). The van der Waals surface area contributed by atoms with E-state index in [1.165, 1.54) is 24.3 Å². The Labute approximate surface area is 106 Å². The fourth-order valence-corrected chi connectivity index (χ4v) is 1.56. The zero-order chi connectivity index (χ0) is 13.1. The van der Waals surface area contributed by atoms with Crippen molar-refractivity contribution in [2.24, 2.45) is 5.73 Å². The van der Waals surface area contributed by atoms with Crippen molar-refractivity contribution in [3.05, 3.63) is 34.9 Å². The monoisotopic (exact) mass is 320 g/mol. The van der Waals surface area contributed by atoms with Gasteiger partial charge in [0.05, 0.1) is 9.38 Å². The molecule has 1 aromatic rings. The molecule has 0 spiro atoms. The van der Waals surface area contributed by atoms with Crippen molar-refractivity contribution >= 4 is 37.6 Å². The van der Waals surface area contributed by atoms with Crippen molar-refractivity contribution in [2.45, 2.75) is 4.90 Å². The molecule has 0 radical (unpaired) electrons. The third kappa shape index (κ3) is 3.84. The Morgan fingerprint density at radius 3 is 2.29 bits per heavy atom. The molecule has 1 aromatic carbocycles. The van der Waals surface area contributed by atoms with Gasteiger partial charge >= 0.3 is 0 Å². The smallest absolute Gasteiger partial charge is 0.294 e. The molecule has 0 heterocycles. The summed E-state index contributed by atoms with van der Waals surface area (Å²) in [7, 11) is -4.22. The highest BCUT2D eigenvalue weighted by Gasteiger charge is 2.10. The minimum absolute atomic E-state index is 0.149. The predicted octanol–water partition coefficient (Wildman–Crippen LogP) is 1.07. The number of rotatable bonds is 3. The molecule has 0 unspecified atom stereocenters. The third-order valence-electron chi connectivity index (χ3n) is 1.77. The van der Waals surface area contributed by atoms with Crippen LogP contribution in [0.1, 0.15) is 0 Å². The molecule has 17 heavy (non-hydrogen) atoms. The Kier molecular flexibility index (Phi) is 4.27. The van der Waals surface area contributed by atoms with Gasteiger partial charge in [-0.3, -0.25) is 9.35 Å². The second-order valence-electron chi connectivity index (χ2n) is 2.97.